The van der Waals surface area contributed by atoms with Crippen LogP contribution in [0.2, 0.25) is 0 Å². The second kappa shape index (κ2) is 4.52. The van der Waals surface area contributed by atoms with Crippen LogP contribution in [0.5, 0.6) is 0 Å². The Morgan fingerprint density at radius 3 is 2.36 bits per heavy atom. The number of aromatic nitrogens is 2. The van der Waals surface area contributed by atoms with Gasteiger partial charge in [-0.1, -0.05) is 54.6 Å². The minimum Gasteiger partial charge on any atom is -0.347 e. The minimum atomic E-state index is 0.597. The van der Waals surface area contributed by atoms with E-state index < -0.39 is 0 Å². The van der Waals surface area contributed by atoms with Gasteiger partial charge in [-0.25, -0.2) is 0 Å². The van der Waals surface area contributed by atoms with Crippen LogP contribution in [0.1, 0.15) is 0 Å². The molecular weight excluding hydrogens is 272 g/mol. The van der Waals surface area contributed by atoms with E-state index in [0.29, 0.717) is 12.1 Å². The Labute approximate surface area is 128 Å². The topological polar surface area (TPSA) is 41.1 Å². The summed E-state index contributed by atoms with van der Waals surface area (Å²) >= 11 is 0. The van der Waals surface area contributed by atoms with Crippen LogP contribution in [0.3, 0.4) is 0 Å². The lowest BCUT2D eigenvalue weighted by Gasteiger charge is -2.56. The number of fused-ring (bicyclic) bond motifs is 2. The van der Waals surface area contributed by atoms with Crippen LogP contribution in [0.25, 0.3) is 22.0 Å². The van der Waals surface area contributed by atoms with Gasteiger partial charge >= 0.3 is 0 Å². The number of benzene rings is 2. The fourth-order valence-corrected chi connectivity index (χ4v) is 3.47. The lowest BCUT2D eigenvalue weighted by molar-refractivity contribution is 0.212. The van der Waals surface area contributed by atoms with E-state index in [-0.39, 0.29) is 0 Å². The van der Waals surface area contributed by atoms with Crippen molar-refractivity contribution in [1.29, 1.82) is 0 Å². The van der Waals surface area contributed by atoms with Crippen molar-refractivity contribution in [2.75, 3.05) is 18.0 Å². The Bertz CT molecular complexity index is 846. The van der Waals surface area contributed by atoms with Gasteiger partial charge in [-0.05, 0) is 0 Å². The van der Waals surface area contributed by atoms with Crippen LogP contribution in [-0.2, 0) is 0 Å². The molecule has 22 heavy (non-hydrogen) atoms. The molecule has 2 atom stereocenters. The maximum absolute atomic E-state index is 4.57. The molecule has 0 amide bonds. The molecule has 0 aliphatic carbocycles. The van der Waals surface area contributed by atoms with E-state index in [4.69, 9.17) is 0 Å². The number of anilines is 1. The molecule has 0 saturated carbocycles. The van der Waals surface area contributed by atoms with Crippen molar-refractivity contribution in [1.82, 2.24) is 15.5 Å². The van der Waals surface area contributed by atoms with Crippen LogP contribution in [0.15, 0.2) is 54.6 Å². The normalized spacial score (nSPS) is 22.8. The molecule has 5 rings (SSSR count). The molecule has 1 unspecified atom stereocenters. The number of rotatable bonds is 2. The number of hydrogen-bond acceptors (Lipinski definition) is 4. The highest BCUT2D eigenvalue weighted by Crippen LogP contribution is 2.36. The Balaban J connectivity index is 1.68. The smallest absolute Gasteiger partial charge is 0.159 e. The zero-order valence-corrected chi connectivity index (χ0v) is 12.1. The standard InChI is InChI=1S/C18H16N4/c1-2-6-12(7-3-1)17-13-8-4-5-9-14(13)18(21-20-17)22-11-15-16(22)10-19-15/h1-9,15-16,19H,10-11H2/t15-,16?/m1/s1. The molecule has 0 bridgehead atoms. The van der Waals surface area contributed by atoms with Crippen LogP contribution >= 0.6 is 0 Å². The summed E-state index contributed by atoms with van der Waals surface area (Å²) in [5, 5.41) is 14.9. The Kier molecular flexibility index (Phi) is 2.49. The maximum atomic E-state index is 4.57. The molecule has 0 radical (unpaired) electrons. The molecule has 4 heteroatoms. The number of nitrogens with one attached hydrogen (secondary N) is 1. The van der Waals surface area contributed by atoms with E-state index in [2.05, 4.69) is 56.8 Å². The van der Waals surface area contributed by atoms with E-state index >= 15 is 0 Å². The summed E-state index contributed by atoms with van der Waals surface area (Å²) in [6.45, 7) is 2.09. The zero-order valence-electron chi connectivity index (χ0n) is 12.1. The molecule has 1 N–H and O–H groups in total. The summed E-state index contributed by atoms with van der Waals surface area (Å²) < 4.78 is 0. The zero-order chi connectivity index (χ0) is 14.5. The fraction of sp³-hybridized carbons (Fsp3) is 0.222. The van der Waals surface area contributed by atoms with Gasteiger partial charge in [0, 0.05) is 35.5 Å². The van der Waals surface area contributed by atoms with Crippen molar-refractivity contribution >= 4 is 16.6 Å². The van der Waals surface area contributed by atoms with Gasteiger partial charge in [-0.15, -0.1) is 10.2 Å². The van der Waals surface area contributed by atoms with E-state index in [1.165, 1.54) is 10.8 Å². The van der Waals surface area contributed by atoms with Crippen molar-refractivity contribution < 1.29 is 0 Å². The Hall–Kier alpha value is -2.46. The van der Waals surface area contributed by atoms with Gasteiger partial charge in [0.15, 0.2) is 5.82 Å². The molecule has 1 aromatic heterocycles. The molecule has 108 valence electrons. The van der Waals surface area contributed by atoms with Gasteiger partial charge in [0.2, 0.25) is 0 Å². The third-order valence-corrected chi connectivity index (χ3v) is 4.83. The highest BCUT2D eigenvalue weighted by Gasteiger charge is 2.46. The largest absolute Gasteiger partial charge is 0.347 e. The summed E-state index contributed by atoms with van der Waals surface area (Å²) in [7, 11) is 0. The predicted octanol–water partition coefficient (Wildman–Crippen LogP) is 2.46. The summed E-state index contributed by atoms with van der Waals surface area (Å²) in [6, 6.07) is 20.0. The van der Waals surface area contributed by atoms with E-state index in [9.17, 15) is 0 Å². The molecule has 2 aliphatic rings. The Morgan fingerprint density at radius 1 is 0.909 bits per heavy atom. The average molecular weight is 288 g/mol. The highest BCUT2D eigenvalue weighted by atomic mass is 15.4. The second-order valence-corrected chi connectivity index (χ2v) is 6.02. The molecule has 3 heterocycles. The first-order valence-corrected chi connectivity index (χ1v) is 7.73. The van der Waals surface area contributed by atoms with Gasteiger partial charge in [0.25, 0.3) is 0 Å². The van der Waals surface area contributed by atoms with Crippen LogP contribution in [0, 0.1) is 0 Å². The molecule has 2 aliphatic heterocycles. The van der Waals surface area contributed by atoms with Crippen molar-refractivity contribution in [3.63, 3.8) is 0 Å². The Morgan fingerprint density at radius 2 is 1.68 bits per heavy atom. The predicted molar refractivity (Wildman–Crippen MR) is 87.9 cm³/mol. The first-order chi connectivity index (χ1) is 10.9. The quantitative estimate of drug-likeness (QED) is 0.786. The third kappa shape index (κ3) is 1.61. The third-order valence-electron chi connectivity index (χ3n) is 4.83. The molecule has 3 aromatic rings. The maximum Gasteiger partial charge on any atom is 0.159 e. The summed E-state index contributed by atoms with van der Waals surface area (Å²) in [5.74, 6) is 1.03. The van der Waals surface area contributed by atoms with E-state index in [1.807, 2.05) is 18.2 Å². The van der Waals surface area contributed by atoms with Crippen LogP contribution in [-0.4, -0.2) is 35.4 Å². The van der Waals surface area contributed by atoms with E-state index in [0.717, 1.165) is 30.2 Å². The first-order valence-electron chi connectivity index (χ1n) is 7.73. The molecule has 0 spiro atoms. The minimum absolute atomic E-state index is 0.597. The van der Waals surface area contributed by atoms with Gasteiger partial charge in [-0.2, -0.15) is 0 Å². The first kappa shape index (κ1) is 12.1. The van der Waals surface area contributed by atoms with Crippen LogP contribution in [0.4, 0.5) is 5.82 Å². The molecule has 2 fully saturated rings. The SMILES string of the molecule is c1ccc(-c2nnc(N3C[C@H]4NCC43)c3ccccc23)cc1. The molecular formula is C18H16N4. The lowest BCUT2D eigenvalue weighted by atomic mass is 9.88. The molecule has 4 nitrogen and oxygen atoms in total. The second-order valence-electron chi connectivity index (χ2n) is 6.02. The van der Waals surface area contributed by atoms with Gasteiger partial charge < -0.3 is 10.2 Å². The summed E-state index contributed by atoms with van der Waals surface area (Å²) in [6.07, 6.45) is 0. The van der Waals surface area contributed by atoms with Crippen molar-refractivity contribution in [3.05, 3.63) is 54.6 Å². The average Bonchev–Trinajstić information content (AvgIpc) is 2.57. The lowest BCUT2D eigenvalue weighted by Crippen LogP contribution is -2.78. The number of nitrogens with zero attached hydrogens (tertiary/aromatic N) is 3. The summed E-state index contributed by atoms with van der Waals surface area (Å²) in [4.78, 5) is 2.38. The van der Waals surface area contributed by atoms with Gasteiger partial charge in [0.05, 0.1) is 6.04 Å². The summed E-state index contributed by atoms with van der Waals surface area (Å²) in [5.41, 5.74) is 2.08. The monoisotopic (exact) mass is 288 g/mol. The van der Waals surface area contributed by atoms with Crippen molar-refractivity contribution in [2.45, 2.75) is 12.1 Å². The highest BCUT2D eigenvalue weighted by molar-refractivity contribution is 6.00. The molecule has 2 aromatic carbocycles. The van der Waals surface area contributed by atoms with E-state index in [1.54, 1.807) is 0 Å². The van der Waals surface area contributed by atoms with Crippen molar-refractivity contribution in [3.8, 4) is 11.3 Å². The fourth-order valence-electron chi connectivity index (χ4n) is 3.47. The van der Waals surface area contributed by atoms with Crippen LogP contribution < -0.4 is 10.2 Å². The molecule has 2 saturated heterocycles. The number of piperazine rings is 1. The number of hydrogen-bond donors (Lipinski definition) is 1. The van der Waals surface area contributed by atoms with Gasteiger partial charge in [-0.3, -0.25) is 0 Å². The van der Waals surface area contributed by atoms with Crippen molar-refractivity contribution in [2.24, 2.45) is 0 Å². The van der Waals surface area contributed by atoms with Gasteiger partial charge in [0.1, 0.15) is 5.69 Å².